The van der Waals surface area contributed by atoms with E-state index in [1.807, 2.05) is 18.2 Å². The van der Waals surface area contributed by atoms with Gasteiger partial charge in [0.1, 0.15) is 11.6 Å². The maximum Gasteiger partial charge on any atom is 0.140 e. The normalized spacial score (nSPS) is 14.8. The Bertz CT molecular complexity index is 569. The third-order valence-corrected chi connectivity index (χ3v) is 3.77. The summed E-state index contributed by atoms with van der Waals surface area (Å²) in [6.07, 6.45) is 4.13. The number of nitrogens with zero attached hydrogens (tertiary/aromatic N) is 2. The number of nitrogens with two attached hydrogens (primary N) is 1. The number of rotatable bonds is 6. The number of pyridine rings is 1. The fourth-order valence-corrected chi connectivity index (χ4v) is 2.39. The van der Waals surface area contributed by atoms with Crippen molar-refractivity contribution in [3.63, 3.8) is 0 Å². The van der Waals surface area contributed by atoms with E-state index >= 15 is 0 Å². The van der Waals surface area contributed by atoms with Gasteiger partial charge in [-0.25, -0.2) is 10.8 Å². The first-order valence-electron chi connectivity index (χ1n) is 6.64. The summed E-state index contributed by atoms with van der Waals surface area (Å²) < 4.78 is 5.43. The highest BCUT2D eigenvalue weighted by atomic mass is 35.5. The fraction of sp³-hybridized carbons (Fsp3) is 0.357. The number of nitrogens with one attached hydrogen (secondary N) is 1. The number of hydrogen-bond donors (Lipinski definition) is 2. The molecule has 1 aliphatic rings. The smallest absolute Gasteiger partial charge is 0.140 e. The van der Waals surface area contributed by atoms with Gasteiger partial charge in [-0.3, -0.25) is 4.90 Å². The molecule has 3 rings (SSSR count). The molecule has 2 aromatic rings. The van der Waals surface area contributed by atoms with Crippen molar-refractivity contribution in [1.82, 2.24) is 9.88 Å². The van der Waals surface area contributed by atoms with Gasteiger partial charge >= 0.3 is 0 Å². The first kappa shape index (κ1) is 13.4. The molecule has 106 valence electrons. The monoisotopic (exact) mass is 292 g/mol. The highest BCUT2D eigenvalue weighted by molar-refractivity contribution is 6.31. The molecule has 2 heterocycles. The van der Waals surface area contributed by atoms with Crippen LogP contribution in [0.25, 0.3) is 0 Å². The standard InChI is InChI=1S/C14H17ClN4O/c15-12-5-6-14(18-16)17-13(12)9-19(10-3-4-10)8-11-2-1-7-20-11/h1-2,5-7,10H,3-4,8-9,16H2,(H,17,18). The zero-order valence-electron chi connectivity index (χ0n) is 11.1. The minimum Gasteiger partial charge on any atom is -0.468 e. The van der Waals surface area contributed by atoms with E-state index < -0.39 is 0 Å². The second-order valence-electron chi connectivity index (χ2n) is 4.98. The predicted octanol–water partition coefficient (Wildman–Crippen LogP) is 2.78. The number of aromatic nitrogens is 1. The van der Waals surface area contributed by atoms with Crippen LogP contribution in [0.15, 0.2) is 34.9 Å². The summed E-state index contributed by atoms with van der Waals surface area (Å²) in [7, 11) is 0. The Morgan fingerprint density at radius 1 is 1.35 bits per heavy atom. The average molecular weight is 293 g/mol. The lowest BCUT2D eigenvalue weighted by molar-refractivity contribution is 0.223. The van der Waals surface area contributed by atoms with E-state index in [-0.39, 0.29) is 0 Å². The summed E-state index contributed by atoms with van der Waals surface area (Å²) in [5.74, 6) is 6.98. The van der Waals surface area contributed by atoms with E-state index in [9.17, 15) is 0 Å². The molecule has 20 heavy (non-hydrogen) atoms. The molecular formula is C14H17ClN4O. The summed E-state index contributed by atoms with van der Waals surface area (Å²) in [4.78, 5) is 6.77. The Balaban J connectivity index is 1.76. The van der Waals surface area contributed by atoms with E-state index in [0.717, 1.165) is 18.0 Å². The molecule has 0 unspecified atom stereocenters. The molecule has 1 aliphatic carbocycles. The first-order valence-corrected chi connectivity index (χ1v) is 7.02. The minimum absolute atomic E-state index is 0.590. The van der Waals surface area contributed by atoms with E-state index in [0.29, 0.717) is 23.4 Å². The molecule has 0 saturated heterocycles. The van der Waals surface area contributed by atoms with Gasteiger partial charge in [-0.1, -0.05) is 11.6 Å². The minimum atomic E-state index is 0.590. The summed E-state index contributed by atoms with van der Waals surface area (Å²) in [5.41, 5.74) is 3.39. The maximum atomic E-state index is 6.22. The summed E-state index contributed by atoms with van der Waals surface area (Å²) >= 11 is 6.22. The van der Waals surface area contributed by atoms with Gasteiger partial charge in [-0.05, 0) is 37.1 Å². The molecule has 0 aromatic carbocycles. The van der Waals surface area contributed by atoms with E-state index in [2.05, 4.69) is 15.3 Å². The third-order valence-electron chi connectivity index (χ3n) is 3.42. The van der Waals surface area contributed by atoms with Crippen molar-refractivity contribution in [2.45, 2.75) is 32.0 Å². The van der Waals surface area contributed by atoms with Crippen LogP contribution in [0.3, 0.4) is 0 Å². The highest BCUT2D eigenvalue weighted by Crippen LogP contribution is 2.31. The number of furan rings is 1. The lowest BCUT2D eigenvalue weighted by Crippen LogP contribution is -2.25. The van der Waals surface area contributed by atoms with E-state index in [1.54, 1.807) is 12.3 Å². The van der Waals surface area contributed by atoms with Crippen molar-refractivity contribution < 1.29 is 4.42 Å². The summed E-state index contributed by atoms with van der Waals surface area (Å²) in [6, 6.07) is 8.07. The second kappa shape index (κ2) is 5.83. The number of anilines is 1. The maximum absolute atomic E-state index is 6.22. The van der Waals surface area contributed by atoms with Crippen molar-refractivity contribution >= 4 is 17.4 Å². The zero-order chi connectivity index (χ0) is 13.9. The highest BCUT2D eigenvalue weighted by Gasteiger charge is 2.30. The van der Waals surface area contributed by atoms with Gasteiger partial charge in [0.25, 0.3) is 0 Å². The van der Waals surface area contributed by atoms with Gasteiger partial charge in [0.15, 0.2) is 0 Å². The molecule has 2 aromatic heterocycles. The topological polar surface area (TPSA) is 67.3 Å². The quantitative estimate of drug-likeness (QED) is 0.633. The number of nitrogen functional groups attached to an aromatic ring is 1. The molecule has 1 saturated carbocycles. The largest absolute Gasteiger partial charge is 0.468 e. The van der Waals surface area contributed by atoms with Gasteiger partial charge in [0.05, 0.1) is 23.5 Å². The molecule has 1 fully saturated rings. The molecular weight excluding hydrogens is 276 g/mol. The summed E-state index contributed by atoms with van der Waals surface area (Å²) in [5, 5.41) is 0.661. The fourth-order valence-electron chi connectivity index (χ4n) is 2.22. The van der Waals surface area contributed by atoms with E-state index in [1.165, 1.54) is 12.8 Å². The van der Waals surface area contributed by atoms with Crippen LogP contribution in [0.2, 0.25) is 5.02 Å². The molecule has 0 spiro atoms. The molecule has 0 amide bonds. The molecule has 0 aliphatic heterocycles. The Kier molecular flexibility index (Phi) is 3.91. The van der Waals surface area contributed by atoms with Crippen molar-refractivity contribution in [2.24, 2.45) is 5.84 Å². The van der Waals surface area contributed by atoms with Gasteiger partial charge < -0.3 is 9.84 Å². The predicted molar refractivity (Wildman–Crippen MR) is 78.0 cm³/mol. The van der Waals surface area contributed by atoms with Crippen LogP contribution in [0.1, 0.15) is 24.3 Å². The van der Waals surface area contributed by atoms with Gasteiger partial charge in [0.2, 0.25) is 0 Å². The molecule has 0 radical (unpaired) electrons. The Morgan fingerprint density at radius 3 is 2.85 bits per heavy atom. The molecule has 5 nitrogen and oxygen atoms in total. The molecule has 0 atom stereocenters. The third kappa shape index (κ3) is 3.12. The number of halogens is 1. The number of hydrazine groups is 1. The Hall–Kier alpha value is -1.56. The molecule has 6 heteroatoms. The van der Waals surface area contributed by atoms with Gasteiger partial charge in [-0.15, -0.1) is 0 Å². The van der Waals surface area contributed by atoms with Crippen LogP contribution in [0.4, 0.5) is 5.82 Å². The first-order chi connectivity index (χ1) is 9.76. The SMILES string of the molecule is NNc1ccc(Cl)c(CN(Cc2ccco2)C2CC2)n1. The van der Waals surface area contributed by atoms with Crippen LogP contribution < -0.4 is 11.3 Å². The summed E-state index contributed by atoms with van der Waals surface area (Å²) in [6.45, 7) is 1.47. The van der Waals surface area contributed by atoms with E-state index in [4.69, 9.17) is 21.9 Å². The van der Waals surface area contributed by atoms with Gasteiger partial charge in [0, 0.05) is 12.6 Å². The van der Waals surface area contributed by atoms with Crippen LogP contribution >= 0.6 is 11.6 Å². The Labute approximate surface area is 122 Å². The van der Waals surface area contributed by atoms with Crippen molar-refractivity contribution in [1.29, 1.82) is 0 Å². The van der Waals surface area contributed by atoms with Crippen LogP contribution in [-0.2, 0) is 13.1 Å². The van der Waals surface area contributed by atoms with Gasteiger partial charge in [-0.2, -0.15) is 0 Å². The lowest BCUT2D eigenvalue weighted by atomic mass is 10.3. The molecule has 0 bridgehead atoms. The van der Waals surface area contributed by atoms with Crippen molar-refractivity contribution in [3.8, 4) is 0 Å². The average Bonchev–Trinajstić information content (AvgIpc) is 3.18. The van der Waals surface area contributed by atoms with Crippen molar-refractivity contribution in [3.05, 3.63) is 47.0 Å². The van der Waals surface area contributed by atoms with Crippen molar-refractivity contribution in [2.75, 3.05) is 5.43 Å². The lowest BCUT2D eigenvalue weighted by Gasteiger charge is -2.21. The zero-order valence-corrected chi connectivity index (χ0v) is 11.8. The molecule has 3 N–H and O–H groups in total. The second-order valence-corrected chi connectivity index (χ2v) is 5.39. The number of hydrogen-bond acceptors (Lipinski definition) is 5. The van der Waals surface area contributed by atoms with Crippen LogP contribution in [-0.4, -0.2) is 15.9 Å². The Morgan fingerprint density at radius 2 is 2.20 bits per heavy atom. The van der Waals surface area contributed by atoms with Crippen LogP contribution in [0.5, 0.6) is 0 Å². The van der Waals surface area contributed by atoms with Crippen LogP contribution in [0, 0.1) is 0 Å².